The van der Waals surface area contributed by atoms with Crippen molar-refractivity contribution in [2.45, 2.75) is 37.8 Å². The van der Waals surface area contributed by atoms with Crippen LogP contribution in [0.4, 0.5) is 0 Å². The molecular weight excluding hydrogens is 226 g/mol. The Balaban J connectivity index is 1.45. The maximum atomic E-state index is 5.46. The first-order valence-electron chi connectivity index (χ1n) is 7.70. The summed E-state index contributed by atoms with van der Waals surface area (Å²) in [5.41, 5.74) is 0. The third-order valence-electron chi connectivity index (χ3n) is 4.87. The van der Waals surface area contributed by atoms with E-state index in [0.717, 1.165) is 25.3 Å². The Morgan fingerprint density at radius 2 is 1.28 bits per heavy atom. The highest BCUT2D eigenvalue weighted by molar-refractivity contribution is 4.85. The Morgan fingerprint density at radius 3 is 1.94 bits per heavy atom. The molecule has 0 bridgehead atoms. The van der Waals surface area contributed by atoms with E-state index in [9.17, 15) is 0 Å². The molecule has 0 aromatic rings. The van der Waals surface area contributed by atoms with Crippen molar-refractivity contribution in [3.05, 3.63) is 0 Å². The molecule has 3 aliphatic heterocycles. The van der Waals surface area contributed by atoms with Gasteiger partial charge in [-0.05, 0) is 38.8 Å². The van der Waals surface area contributed by atoms with E-state index in [1.807, 2.05) is 0 Å². The first-order valence-corrected chi connectivity index (χ1v) is 7.70. The Hall–Kier alpha value is -0.160. The van der Waals surface area contributed by atoms with Crippen LogP contribution in [0.15, 0.2) is 0 Å². The van der Waals surface area contributed by atoms with Gasteiger partial charge in [-0.1, -0.05) is 0 Å². The average molecular weight is 253 g/mol. The minimum atomic E-state index is 0.808. The number of piperidine rings is 1. The van der Waals surface area contributed by atoms with Crippen LogP contribution in [0.25, 0.3) is 0 Å². The van der Waals surface area contributed by atoms with E-state index in [-0.39, 0.29) is 0 Å². The zero-order chi connectivity index (χ0) is 12.2. The molecule has 0 amide bonds. The predicted octanol–water partition coefficient (Wildman–Crippen LogP) is 0.535. The van der Waals surface area contributed by atoms with E-state index in [0.29, 0.717) is 0 Å². The summed E-state index contributed by atoms with van der Waals surface area (Å²) in [5.74, 6) is 0. The van der Waals surface area contributed by atoms with Crippen LogP contribution in [-0.2, 0) is 4.74 Å². The van der Waals surface area contributed by atoms with Crippen molar-refractivity contribution in [1.82, 2.24) is 15.1 Å². The fourth-order valence-electron chi connectivity index (χ4n) is 3.71. The van der Waals surface area contributed by atoms with Gasteiger partial charge in [0.05, 0.1) is 0 Å². The molecule has 0 unspecified atom stereocenters. The minimum Gasteiger partial charge on any atom is -0.381 e. The lowest BCUT2D eigenvalue weighted by molar-refractivity contribution is 0.0120. The van der Waals surface area contributed by atoms with E-state index >= 15 is 0 Å². The molecule has 4 nitrogen and oxygen atoms in total. The van der Waals surface area contributed by atoms with Crippen molar-refractivity contribution in [3.63, 3.8) is 0 Å². The smallest absolute Gasteiger partial charge is 0.0480 e. The number of piperazine rings is 1. The third-order valence-corrected chi connectivity index (χ3v) is 4.87. The van der Waals surface area contributed by atoms with Crippen LogP contribution in [-0.4, -0.2) is 74.4 Å². The fraction of sp³-hybridized carbons (Fsp3) is 1.00. The largest absolute Gasteiger partial charge is 0.381 e. The molecule has 0 aromatic heterocycles. The summed E-state index contributed by atoms with van der Waals surface area (Å²) in [7, 11) is 0. The van der Waals surface area contributed by atoms with Gasteiger partial charge in [0.2, 0.25) is 0 Å². The summed E-state index contributed by atoms with van der Waals surface area (Å²) in [6.45, 7) is 9.42. The molecule has 3 rings (SSSR count). The van der Waals surface area contributed by atoms with Crippen LogP contribution >= 0.6 is 0 Å². The van der Waals surface area contributed by atoms with Crippen LogP contribution in [0, 0.1) is 0 Å². The second kappa shape index (κ2) is 6.33. The Kier molecular flexibility index (Phi) is 4.52. The van der Waals surface area contributed by atoms with Crippen LogP contribution in [0.3, 0.4) is 0 Å². The topological polar surface area (TPSA) is 27.7 Å². The van der Waals surface area contributed by atoms with Gasteiger partial charge in [0.1, 0.15) is 0 Å². The zero-order valence-corrected chi connectivity index (χ0v) is 11.4. The molecule has 4 heteroatoms. The van der Waals surface area contributed by atoms with Crippen molar-refractivity contribution in [2.75, 3.05) is 52.5 Å². The van der Waals surface area contributed by atoms with Gasteiger partial charge in [-0.2, -0.15) is 0 Å². The number of hydrogen-bond donors (Lipinski definition) is 1. The van der Waals surface area contributed by atoms with E-state index < -0.39 is 0 Å². The number of nitrogens with zero attached hydrogens (tertiary/aromatic N) is 2. The lowest BCUT2D eigenvalue weighted by Crippen LogP contribution is -2.53. The quantitative estimate of drug-likeness (QED) is 0.777. The van der Waals surface area contributed by atoms with Crippen LogP contribution in [0.1, 0.15) is 25.7 Å². The summed E-state index contributed by atoms with van der Waals surface area (Å²) in [6, 6.07) is 1.66. The highest BCUT2D eigenvalue weighted by Gasteiger charge is 2.29. The predicted molar refractivity (Wildman–Crippen MR) is 72.9 cm³/mol. The molecule has 0 aromatic carbocycles. The molecule has 3 heterocycles. The normalized spacial score (nSPS) is 30.7. The van der Waals surface area contributed by atoms with Gasteiger partial charge in [-0.3, -0.25) is 4.90 Å². The van der Waals surface area contributed by atoms with Gasteiger partial charge in [0, 0.05) is 51.5 Å². The first-order chi connectivity index (χ1) is 8.93. The van der Waals surface area contributed by atoms with Crippen molar-refractivity contribution >= 4 is 0 Å². The second-order valence-corrected chi connectivity index (χ2v) is 5.90. The van der Waals surface area contributed by atoms with Crippen molar-refractivity contribution in [2.24, 2.45) is 0 Å². The van der Waals surface area contributed by atoms with Crippen LogP contribution in [0.2, 0.25) is 0 Å². The molecule has 0 saturated carbocycles. The SMILES string of the molecule is C1CN(C2CCN(C3CCOCC3)CC2)CCN1. The maximum Gasteiger partial charge on any atom is 0.0480 e. The van der Waals surface area contributed by atoms with Crippen LogP contribution < -0.4 is 5.32 Å². The van der Waals surface area contributed by atoms with Gasteiger partial charge >= 0.3 is 0 Å². The highest BCUT2D eigenvalue weighted by Crippen LogP contribution is 2.22. The molecule has 1 N–H and O–H groups in total. The molecule has 3 saturated heterocycles. The number of likely N-dealkylation sites (tertiary alicyclic amines) is 1. The van der Waals surface area contributed by atoms with Crippen LogP contribution in [0.5, 0.6) is 0 Å². The number of ether oxygens (including phenoxy) is 1. The molecule has 18 heavy (non-hydrogen) atoms. The average Bonchev–Trinajstić information content (AvgIpc) is 2.49. The van der Waals surface area contributed by atoms with E-state index in [2.05, 4.69) is 15.1 Å². The molecule has 0 spiro atoms. The monoisotopic (exact) mass is 253 g/mol. The Bertz CT molecular complexity index is 215. The van der Waals surface area contributed by atoms with Crippen molar-refractivity contribution in [3.8, 4) is 0 Å². The van der Waals surface area contributed by atoms with E-state index in [1.54, 1.807) is 0 Å². The standard InChI is InChI=1S/C14H27N3O/c1-7-16(14-3-11-18-12-4-14)8-2-13(1)17-9-5-15-6-10-17/h13-15H,1-12H2. The summed E-state index contributed by atoms with van der Waals surface area (Å²) in [6.07, 6.45) is 5.24. The number of hydrogen-bond acceptors (Lipinski definition) is 4. The van der Waals surface area contributed by atoms with Gasteiger partial charge < -0.3 is 15.0 Å². The fourth-order valence-corrected chi connectivity index (χ4v) is 3.71. The molecule has 0 aliphatic carbocycles. The lowest BCUT2D eigenvalue weighted by atomic mass is 9.98. The van der Waals surface area contributed by atoms with Gasteiger partial charge in [-0.15, -0.1) is 0 Å². The summed E-state index contributed by atoms with van der Waals surface area (Å²) >= 11 is 0. The summed E-state index contributed by atoms with van der Waals surface area (Å²) in [5, 5.41) is 3.45. The molecule has 3 aliphatic rings. The second-order valence-electron chi connectivity index (χ2n) is 5.90. The molecular formula is C14H27N3O. The van der Waals surface area contributed by atoms with E-state index in [4.69, 9.17) is 4.74 Å². The number of nitrogens with one attached hydrogen (secondary N) is 1. The minimum absolute atomic E-state index is 0.808. The molecule has 0 atom stereocenters. The van der Waals surface area contributed by atoms with Gasteiger partial charge in [0.15, 0.2) is 0 Å². The van der Waals surface area contributed by atoms with Crippen molar-refractivity contribution in [1.29, 1.82) is 0 Å². The highest BCUT2D eigenvalue weighted by atomic mass is 16.5. The van der Waals surface area contributed by atoms with Crippen molar-refractivity contribution < 1.29 is 4.74 Å². The van der Waals surface area contributed by atoms with Gasteiger partial charge in [0.25, 0.3) is 0 Å². The van der Waals surface area contributed by atoms with Gasteiger partial charge in [-0.25, -0.2) is 0 Å². The summed E-state index contributed by atoms with van der Waals surface area (Å²) in [4.78, 5) is 5.43. The first kappa shape index (κ1) is 12.9. The Morgan fingerprint density at radius 1 is 0.722 bits per heavy atom. The maximum absolute atomic E-state index is 5.46. The van der Waals surface area contributed by atoms with E-state index in [1.165, 1.54) is 65.0 Å². The molecule has 104 valence electrons. The lowest BCUT2D eigenvalue weighted by Gasteiger charge is -2.43. The third kappa shape index (κ3) is 3.05. The molecule has 0 radical (unpaired) electrons. The zero-order valence-electron chi connectivity index (χ0n) is 11.4. The Labute approximate surface area is 111 Å². The molecule has 3 fully saturated rings. The number of rotatable bonds is 2. The summed E-state index contributed by atoms with van der Waals surface area (Å²) < 4.78 is 5.46.